The van der Waals surface area contributed by atoms with Gasteiger partial charge in [0.1, 0.15) is 5.75 Å². The molecule has 21 heavy (non-hydrogen) atoms. The minimum Gasteiger partial charge on any atom is -0.494 e. The van der Waals surface area contributed by atoms with Gasteiger partial charge in [-0.2, -0.15) is 0 Å². The highest BCUT2D eigenvalue weighted by atomic mass is 35.5. The van der Waals surface area contributed by atoms with Crippen molar-refractivity contribution < 1.29 is 14.3 Å². The van der Waals surface area contributed by atoms with E-state index in [1.165, 1.54) is 0 Å². The van der Waals surface area contributed by atoms with Crippen molar-refractivity contribution in [3.05, 3.63) is 29.3 Å². The van der Waals surface area contributed by atoms with Gasteiger partial charge in [0, 0.05) is 32.3 Å². The van der Waals surface area contributed by atoms with Crippen molar-refractivity contribution in [1.82, 2.24) is 4.90 Å². The van der Waals surface area contributed by atoms with Gasteiger partial charge in [-0.25, -0.2) is 0 Å². The minimum absolute atomic E-state index is 0.0267. The Bertz CT molecular complexity index is 421. The highest BCUT2D eigenvalue weighted by Crippen LogP contribution is 2.15. The summed E-state index contributed by atoms with van der Waals surface area (Å²) in [5, 5.41) is 0.681. The zero-order valence-corrected chi connectivity index (χ0v) is 13.3. The van der Waals surface area contributed by atoms with Gasteiger partial charge >= 0.3 is 0 Å². The fourth-order valence-corrected chi connectivity index (χ4v) is 1.89. The lowest BCUT2D eigenvalue weighted by atomic mass is 10.2. The van der Waals surface area contributed by atoms with Crippen LogP contribution >= 0.6 is 11.6 Å². The molecule has 0 saturated carbocycles. The molecule has 1 amide bonds. The number of hydrogen-bond acceptors (Lipinski definition) is 4. The van der Waals surface area contributed by atoms with Crippen molar-refractivity contribution in [3.8, 4) is 5.75 Å². The van der Waals surface area contributed by atoms with E-state index in [0.29, 0.717) is 31.1 Å². The average molecular weight is 315 g/mol. The summed E-state index contributed by atoms with van der Waals surface area (Å²) in [4.78, 5) is 13.6. The second-order valence-corrected chi connectivity index (χ2v) is 5.21. The van der Waals surface area contributed by atoms with E-state index in [1.54, 1.807) is 31.2 Å². The number of carbonyl (C=O) groups excluding carboxylic acids is 1. The van der Waals surface area contributed by atoms with Gasteiger partial charge in [-0.1, -0.05) is 11.6 Å². The first kappa shape index (κ1) is 17.8. The van der Waals surface area contributed by atoms with Crippen LogP contribution in [0.15, 0.2) is 24.3 Å². The monoisotopic (exact) mass is 314 g/mol. The molecule has 1 unspecified atom stereocenters. The molecule has 0 aromatic heterocycles. The fraction of sp³-hybridized carbons (Fsp3) is 0.533. The van der Waals surface area contributed by atoms with Crippen molar-refractivity contribution in [2.75, 3.05) is 33.9 Å². The third-order valence-electron chi connectivity index (χ3n) is 3.14. The van der Waals surface area contributed by atoms with E-state index in [9.17, 15) is 4.79 Å². The highest BCUT2D eigenvalue weighted by molar-refractivity contribution is 6.30. The van der Waals surface area contributed by atoms with Crippen LogP contribution in [0.1, 0.15) is 12.8 Å². The first-order valence-corrected chi connectivity index (χ1v) is 7.29. The van der Waals surface area contributed by atoms with Crippen LogP contribution in [-0.4, -0.2) is 50.8 Å². The Labute approximate surface area is 131 Å². The summed E-state index contributed by atoms with van der Waals surface area (Å²) >= 11 is 5.80. The highest BCUT2D eigenvalue weighted by Gasteiger charge is 2.14. The number of methoxy groups -OCH3 is 1. The van der Waals surface area contributed by atoms with Crippen LogP contribution < -0.4 is 10.5 Å². The number of amides is 1. The summed E-state index contributed by atoms with van der Waals surface area (Å²) in [5.74, 6) is 0.801. The molecule has 0 aliphatic heterocycles. The van der Waals surface area contributed by atoms with Gasteiger partial charge in [-0.3, -0.25) is 4.79 Å². The van der Waals surface area contributed by atoms with E-state index in [-0.39, 0.29) is 12.0 Å². The molecule has 0 heterocycles. The molecule has 0 aliphatic rings. The number of nitrogens with two attached hydrogens (primary N) is 1. The van der Waals surface area contributed by atoms with Crippen molar-refractivity contribution in [1.29, 1.82) is 0 Å². The normalized spacial score (nSPS) is 12.0. The van der Waals surface area contributed by atoms with Gasteiger partial charge in [0.05, 0.1) is 19.1 Å². The van der Waals surface area contributed by atoms with Gasteiger partial charge in [0.25, 0.3) is 0 Å². The summed E-state index contributed by atoms with van der Waals surface area (Å²) in [5.41, 5.74) is 5.50. The fourth-order valence-electron chi connectivity index (χ4n) is 1.76. The topological polar surface area (TPSA) is 64.8 Å². The van der Waals surface area contributed by atoms with Crippen LogP contribution in [0.25, 0.3) is 0 Å². The van der Waals surface area contributed by atoms with E-state index in [1.807, 2.05) is 12.1 Å². The SMILES string of the molecule is COC(CN)CC(=O)N(C)CCCOc1ccc(Cl)cc1. The minimum atomic E-state index is -0.217. The van der Waals surface area contributed by atoms with Crippen molar-refractivity contribution in [2.45, 2.75) is 18.9 Å². The predicted molar refractivity (Wildman–Crippen MR) is 83.7 cm³/mol. The molecule has 0 fully saturated rings. The van der Waals surface area contributed by atoms with Crippen molar-refractivity contribution in [2.24, 2.45) is 5.73 Å². The number of halogens is 1. The molecular formula is C15H23ClN2O3. The molecule has 0 bridgehead atoms. The molecule has 1 aromatic rings. The van der Waals surface area contributed by atoms with E-state index in [4.69, 9.17) is 26.8 Å². The van der Waals surface area contributed by atoms with Gasteiger partial charge in [-0.05, 0) is 30.7 Å². The first-order chi connectivity index (χ1) is 10.1. The number of ether oxygens (including phenoxy) is 2. The van der Waals surface area contributed by atoms with Gasteiger partial charge in [0.2, 0.25) is 5.91 Å². The van der Waals surface area contributed by atoms with Gasteiger partial charge < -0.3 is 20.1 Å². The first-order valence-electron chi connectivity index (χ1n) is 6.92. The van der Waals surface area contributed by atoms with E-state index < -0.39 is 0 Å². The van der Waals surface area contributed by atoms with Gasteiger partial charge in [0.15, 0.2) is 0 Å². The Morgan fingerprint density at radius 3 is 2.62 bits per heavy atom. The Morgan fingerprint density at radius 2 is 2.05 bits per heavy atom. The lowest BCUT2D eigenvalue weighted by molar-refractivity contribution is -0.132. The second kappa shape index (κ2) is 9.60. The molecule has 2 N–H and O–H groups in total. The summed E-state index contributed by atoms with van der Waals surface area (Å²) in [6.45, 7) is 1.52. The molecule has 1 atom stereocenters. The maximum absolute atomic E-state index is 11.9. The van der Waals surface area contributed by atoms with E-state index in [0.717, 1.165) is 12.2 Å². The Kier molecular flexibility index (Phi) is 8.12. The van der Waals surface area contributed by atoms with Crippen LogP contribution in [0.3, 0.4) is 0 Å². The van der Waals surface area contributed by atoms with E-state index in [2.05, 4.69) is 0 Å². The quantitative estimate of drug-likeness (QED) is 0.707. The summed E-state index contributed by atoms with van der Waals surface area (Å²) in [7, 11) is 3.33. The molecule has 0 saturated heterocycles. The molecule has 1 aromatic carbocycles. The van der Waals surface area contributed by atoms with Crippen molar-refractivity contribution >= 4 is 17.5 Å². The summed E-state index contributed by atoms with van der Waals surface area (Å²) in [6.07, 6.45) is 0.845. The molecule has 6 heteroatoms. The summed E-state index contributed by atoms with van der Waals surface area (Å²) in [6, 6.07) is 7.21. The lowest BCUT2D eigenvalue weighted by Crippen LogP contribution is -2.34. The largest absolute Gasteiger partial charge is 0.494 e. The third kappa shape index (κ3) is 6.80. The number of hydrogen-bond donors (Lipinski definition) is 1. The van der Waals surface area contributed by atoms with Crippen LogP contribution in [-0.2, 0) is 9.53 Å². The van der Waals surface area contributed by atoms with Crippen molar-refractivity contribution in [3.63, 3.8) is 0 Å². The Balaban J connectivity index is 2.22. The molecule has 5 nitrogen and oxygen atoms in total. The molecule has 0 spiro atoms. The van der Waals surface area contributed by atoms with Crippen LogP contribution in [0.2, 0.25) is 5.02 Å². The Hall–Kier alpha value is -1.30. The Morgan fingerprint density at radius 1 is 1.38 bits per heavy atom. The molecular weight excluding hydrogens is 292 g/mol. The number of carbonyl (C=O) groups is 1. The second-order valence-electron chi connectivity index (χ2n) is 4.77. The maximum Gasteiger partial charge on any atom is 0.224 e. The average Bonchev–Trinajstić information content (AvgIpc) is 2.50. The standard InChI is InChI=1S/C15H23ClN2O3/c1-18(15(19)10-14(11-17)20-2)8-3-9-21-13-6-4-12(16)5-7-13/h4-7,14H,3,8-11,17H2,1-2H3. The number of benzene rings is 1. The number of rotatable bonds is 9. The maximum atomic E-state index is 11.9. The predicted octanol–water partition coefficient (Wildman–Crippen LogP) is 1.93. The third-order valence-corrected chi connectivity index (χ3v) is 3.40. The molecule has 0 radical (unpaired) electrons. The van der Waals surface area contributed by atoms with Crippen LogP contribution in [0.4, 0.5) is 0 Å². The lowest BCUT2D eigenvalue weighted by Gasteiger charge is -2.20. The smallest absolute Gasteiger partial charge is 0.224 e. The van der Waals surface area contributed by atoms with Crippen LogP contribution in [0.5, 0.6) is 5.75 Å². The van der Waals surface area contributed by atoms with Gasteiger partial charge in [-0.15, -0.1) is 0 Å². The van der Waals surface area contributed by atoms with Crippen LogP contribution in [0, 0.1) is 0 Å². The molecule has 0 aliphatic carbocycles. The molecule has 1 rings (SSSR count). The molecule has 118 valence electrons. The number of nitrogens with zero attached hydrogens (tertiary/aromatic N) is 1. The zero-order valence-electron chi connectivity index (χ0n) is 12.5. The van der Waals surface area contributed by atoms with E-state index >= 15 is 0 Å². The zero-order chi connectivity index (χ0) is 15.7. The summed E-state index contributed by atoms with van der Waals surface area (Å²) < 4.78 is 10.7.